The molecule has 0 aliphatic heterocycles. The largest absolute Gasteiger partial charge is 0.458 e. The standard InChI is InChI=1S/C39H35FO8/c1-7-36(41)45-21-28-11-9-27(10-12-28)15-18-32-31(20-40)19-33(30-16-13-29(14-17-30)22-46-37(42)8-2)35(24-48-39(44)26(5)6)34(32)23-47-38(43)25(3)4/h7-14,16-17,19H,1-3,5,20-24H2,4,6H3. The molecule has 0 N–H and O–H groups in total. The van der Waals surface area contributed by atoms with E-state index in [-0.39, 0.29) is 48.7 Å². The van der Waals surface area contributed by atoms with Crippen molar-refractivity contribution < 1.29 is 42.5 Å². The fraction of sp³-hybridized carbons (Fsp3) is 0.179. The Morgan fingerprint density at radius 3 is 1.62 bits per heavy atom. The average molecular weight is 651 g/mol. The normalized spacial score (nSPS) is 10.1. The zero-order valence-electron chi connectivity index (χ0n) is 26.9. The number of ether oxygens (including phenoxy) is 4. The molecule has 0 aromatic heterocycles. The zero-order chi connectivity index (χ0) is 35.2. The smallest absolute Gasteiger partial charge is 0.333 e. The van der Waals surface area contributed by atoms with Crippen LogP contribution in [0.3, 0.4) is 0 Å². The van der Waals surface area contributed by atoms with E-state index in [0.717, 1.165) is 17.7 Å². The molecule has 246 valence electrons. The third kappa shape index (κ3) is 10.3. The number of alkyl halides is 1. The maximum Gasteiger partial charge on any atom is 0.333 e. The SMILES string of the molecule is C=CC(=O)OCc1ccc(C#Cc2c(CF)cc(-c3ccc(COC(=O)C=C)cc3)c(COC(=O)C(=C)C)c2COC(=O)C(=C)C)cc1. The molecule has 0 saturated heterocycles. The van der Waals surface area contributed by atoms with Gasteiger partial charge in [-0.05, 0) is 59.9 Å². The van der Waals surface area contributed by atoms with Crippen molar-refractivity contribution in [1.82, 2.24) is 0 Å². The third-order valence-electron chi connectivity index (χ3n) is 6.81. The summed E-state index contributed by atoms with van der Waals surface area (Å²) in [7, 11) is 0. The molecule has 0 heterocycles. The van der Waals surface area contributed by atoms with Crippen LogP contribution in [0, 0.1) is 11.8 Å². The van der Waals surface area contributed by atoms with Gasteiger partial charge in [0.1, 0.15) is 33.1 Å². The molecule has 0 saturated carbocycles. The fourth-order valence-corrected chi connectivity index (χ4v) is 4.23. The number of carbonyl (C=O) groups excluding carboxylic acids is 4. The summed E-state index contributed by atoms with van der Waals surface area (Å²) < 4.78 is 36.0. The van der Waals surface area contributed by atoms with Gasteiger partial charge < -0.3 is 18.9 Å². The maximum atomic E-state index is 14.8. The van der Waals surface area contributed by atoms with Crippen LogP contribution < -0.4 is 0 Å². The summed E-state index contributed by atoms with van der Waals surface area (Å²) in [4.78, 5) is 47.9. The lowest BCUT2D eigenvalue weighted by Crippen LogP contribution is -2.13. The quantitative estimate of drug-likeness (QED) is 0.0802. The van der Waals surface area contributed by atoms with Gasteiger partial charge in [0.05, 0.1) is 0 Å². The summed E-state index contributed by atoms with van der Waals surface area (Å²) >= 11 is 0. The molecular formula is C39H35FO8. The number of hydrogen-bond acceptors (Lipinski definition) is 8. The van der Waals surface area contributed by atoms with E-state index < -0.39 is 30.6 Å². The average Bonchev–Trinajstić information content (AvgIpc) is 3.10. The van der Waals surface area contributed by atoms with Crippen molar-refractivity contribution >= 4 is 23.9 Å². The molecule has 0 radical (unpaired) electrons. The molecule has 0 unspecified atom stereocenters. The van der Waals surface area contributed by atoms with E-state index in [4.69, 9.17) is 18.9 Å². The Morgan fingerprint density at radius 2 is 1.17 bits per heavy atom. The van der Waals surface area contributed by atoms with Crippen molar-refractivity contribution in [1.29, 1.82) is 0 Å². The molecule has 0 bridgehead atoms. The van der Waals surface area contributed by atoms with E-state index in [2.05, 4.69) is 38.2 Å². The summed E-state index contributed by atoms with van der Waals surface area (Å²) in [5.74, 6) is 3.63. The number of hydrogen-bond donors (Lipinski definition) is 0. The second-order valence-corrected chi connectivity index (χ2v) is 10.5. The predicted molar refractivity (Wildman–Crippen MR) is 178 cm³/mol. The van der Waals surface area contributed by atoms with Crippen LogP contribution in [0.5, 0.6) is 0 Å². The lowest BCUT2D eigenvalue weighted by molar-refractivity contribution is -0.141. The molecule has 0 amide bonds. The van der Waals surface area contributed by atoms with Gasteiger partial charge in [-0.15, -0.1) is 0 Å². The van der Waals surface area contributed by atoms with Crippen LogP contribution in [0.4, 0.5) is 4.39 Å². The number of carbonyl (C=O) groups is 4. The first-order valence-electron chi connectivity index (χ1n) is 14.6. The van der Waals surface area contributed by atoms with Crippen LogP contribution in [-0.2, 0) is 71.2 Å². The van der Waals surface area contributed by atoms with Gasteiger partial charge in [0.2, 0.25) is 0 Å². The number of rotatable bonds is 14. The summed E-state index contributed by atoms with van der Waals surface area (Å²) in [5, 5.41) is 0. The topological polar surface area (TPSA) is 105 Å². The fourth-order valence-electron chi connectivity index (χ4n) is 4.23. The van der Waals surface area contributed by atoms with E-state index >= 15 is 0 Å². The van der Waals surface area contributed by atoms with E-state index in [1.54, 1.807) is 54.6 Å². The molecule has 3 aromatic carbocycles. The number of benzene rings is 3. The maximum absolute atomic E-state index is 14.8. The Hall–Kier alpha value is -6.01. The minimum atomic E-state index is -0.909. The van der Waals surface area contributed by atoms with Gasteiger partial charge in [0, 0.05) is 45.6 Å². The summed E-state index contributed by atoms with van der Waals surface area (Å²) in [5.41, 5.74) is 4.72. The van der Waals surface area contributed by atoms with Gasteiger partial charge in [-0.1, -0.05) is 74.6 Å². The Bertz CT molecular complexity index is 1810. The van der Waals surface area contributed by atoms with Crippen LogP contribution in [0.15, 0.2) is 104 Å². The summed E-state index contributed by atoms with van der Waals surface area (Å²) in [6.07, 6.45) is 2.14. The predicted octanol–water partition coefficient (Wildman–Crippen LogP) is 6.92. The van der Waals surface area contributed by atoms with Crippen molar-refractivity contribution in [2.75, 3.05) is 0 Å². The van der Waals surface area contributed by atoms with Crippen LogP contribution in [0.25, 0.3) is 11.1 Å². The number of halogens is 1. The Morgan fingerprint density at radius 1 is 0.688 bits per heavy atom. The molecule has 0 atom stereocenters. The van der Waals surface area contributed by atoms with Crippen molar-refractivity contribution in [3.8, 4) is 23.0 Å². The van der Waals surface area contributed by atoms with Crippen molar-refractivity contribution in [2.45, 2.75) is 46.9 Å². The molecule has 3 rings (SSSR count). The molecule has 8 nitrogen and oxygen atoms in total. The molecule has 48 heavy (non-hydrogen) atoms. The second kappa shape index (κ2) is 17.6. The van der Waals surface area contributed by atoms with E-state index in [9.17, 15) is 23.6 Å². The van der Waals surface area contributed by atoms with E-state index in [0.29, 0.717) is 33.4 Å². The molecule has 0 fully saturated rings. The Balaban J connectivity index is 2.17. The lowest BCUT2D eigenvalue weighted by atomic mass is 9.88. The summed E-state index contributed by atoms with van der Waals surface area (Å²) in [6, 6.07) is 15.5. The van der Waals surface area contributed by atoms with Crippen molar-refractivity contribution in [3.05, 3.63) is 143 Å². The third-order valence-corrected chi connectivity index (χ3v) is 6.81. The first-order chi connectivity index (χ1) is 23.0. The molecule has 9 heteroatoms. The second-order valence-electron chi connectivity index (χ2n) is 10.5. The highest BCUT2D eigenvalue weighted by atomic mass is 19.1. The highest BCUT2D eigenvalue weighted by Gasteiger charge is 2.22. The lowest BCUT2D eigenvalue weighted by Gasteiger charge is -2.20. The van der Waals surface area contributed by atoms with Crippen LogP contribution in [-0.4, -0.2) is 23.9 Å². The van der Waals surface area contributed by atoms with E-state index in [1.807, 2.05) is 0 Å². The van der Waals surface area contributed by atoms with Gasteiger partial charge in [0.25, 0.3) is 0 Å². The Labute approximate surface area is 279 Å². The molecule has 0 aliphatic carbocycles. The van der Waals surface area contributed by atoms with Gasteiger partial charge in [0.15, 0.2) is 0 Å². The molecule has 0 spiro atoms. The summed E-state index contributed by atoms with van der Waals surface area (Å²) in [6.45, 7) is 15.6. The minimum Gasteiger partial charge on any atom is -0.458 e. The van der Waals surface area contributed by atoms with Crippen LogP contribution in [0.2, 0.25) is 0 Å². The number of esters is 4. The monoisotopic (exact) mass is 650 g/mol. The molecule has 3 aromatic rings. The van der Waals surface area contributed by atoms with Gasteiger partial charge in [-0.2, -0.15) is 0 Å². The highest BCUT2D eigenvalue weighted by Crippen LogP contribution is 2.34. The van der Waals surface area contributed by atoms with Crippen LogP contribution >= 0.6 is 0 Å². The van der Waals surface area contributed by atoms with Gasteiger partial charge in [-0.25, -0.2) is 23.6 Å². The van der Waals surface area contributed by atoms with Gasteiger partial charge in [-0.3, -0.25) is 0 Å². The molecular weight excluding hydrogens is 615 g/mol. The zero-order valence-corrected chi connectivity index (χ0v) is 26.9. The first-order valence-corrected chi connectivity index (χ1v) is 14.6. The van der Waals surface area contributed by atoms with Crippen molar-refractivity contribution in [3.63, 3.8) is 0 Å². The highest BCUT2D eigenvalue weighted by molar-refractivity contribution is 5.88. The van der Waals surface area contributed by atoms with Crippen LogP contribution in [0.1, 0.15) is 52.8 Å². The Kier molecular flexibility index (Phi) is 13.4. The van der Waals surface area contributed by atoms with E-state index in [1.165, 1.54) is 13.8 Å². The van der Waals surface area contributed by atoms with Gasteiger partial charge >= 0.3 is 23.9 Å². The minimum absolute atomic E-state index is 0.0154. The van der Waals surface area contributed by atoms with Crippen molar-refractivity contribution in [2.24, 2.45) is 0 Å². The first kappa shape index (κ1) is 36.5. The molecule has 0 aliphatic rings.